The molecule has 0 saturated carbocycles. The normalized spacial score (nSPS) is 23.5. The number of aliphatic hydroxyl groups excluding tert-OH is 1. The van der Waals surface area contributed by atoms with Gasteiger partial charge in [0.1, 0.15) is 0 Å². The number of benzene rings is 2. The average Bonchev–Trinajstić information content (AvgIpc) is 2.78. The van der Waals surface area contributed by atoms with Crippen LogP contribution in [0.2, 0.25) is 0 Å². The molecule has 162 valence electrons. The number of carbonyl (C=O) groups is 1. The minimum atomic E-state index is -0.0307. The first-order valence-corrected chi connectivity index (χ1v) is 11.1. The number of carbonyl (C=O) groups excluding carboxylic acids is 1. The molecule has 2 fully saturated rings. The Kier molecular flexibility index (Phi) is 7.33. The molecule has 0 bridgehead atoms. The van der Waals surface area contributed by atoms with E-state index in [0.717, 1.165) is 58.9 Å². The van der Waals surface area contributed by atoms with Crippen molar-refractivity contribution < 1.29 is 14.6 Å². The van der Waals surface area contributed by atoms with Gasteiger partial charge in [0, 0.05) is 45.8 Å². The summed E-state index contributed by atoms with van der Waals surface area (Å²) < 4.78 is 5.49. The van der Waals surface area contributed by atoms with Gasteiger partial charge in [0.25, 0.3) is 0 Å². The Morgan fingerprint density at radius 1 is 1.07 bits per heavy atom. The van der Waals surface area contributed by atoms with E-state index < -0.39 is 0 Å². The molecule has 2 aromatic carbocycles. The first kappa shape index (κ1) is 21.2. The topological polar surface area (TPSA) is 65.0 Å². The SMILES string of the molecule is O=C(NCCO)[C@@H]1C[C@H](CN2CCOCC2)CN(Cc2ccc3ccccc3c2)C1. The Bertz CT molecular complexity index is 837. The molecule has 2 aliphatic heterocycles. The number of piperidine rings is 1. The van der Waals surface area contributed by atoms with E-state index >= 15 is 0 Å². The van der Waals surface area contributed by atoms with E-state index in [1.165, 1.54) is 16.3 Å². The number of hydrogen-bond donors (Lipinski definition) is 2. The number of rotatable bonds is 7. The molecule has 2 aliphatic rings. The second-order valence-electron chi connectivity index (χ2n) is 8.60. The molecule has 0 aromatic heterocycles. The van der Waals surface area contributed by atoms with Crippen molar-refractivity contribution in [3.8, 4) is 0 Å². The van der Waals surface area contributed by atoms with Crippen molar-refractivity contribution >= 4 is 16.7 Å². The van der Waals surface area contributed by atoms with Gasteiger partial charge in [-0.05, 0) is 34.7 Å². The van der Waals surface area contributed by atoms with Crippen LogP contribution in [0, 0.1) is 11.8 Å². The molecule has 2 atom stereocenters. The molecule has 2 N–H and O–H groups in total. The van der Waals surface area contributed by atoms with E-state index in [1.807, 2.05) is 0 Å². The molecule has 6 heteroatoms. The van der Waals surface area contributed by atoms with Crippen molar-refractivity contribution in [2.24, 2.45) is 11.8 Å². The maximum absolute atomic E-state index is 12.7. The van der Waals surface area contributed by atoms with Crippen LogP contribution in [0.15, 0.2) is 42.5 Å². The lowest BCUT2D eigenvalue weighted by molar-refractivity contribution is -0.128. The van der Waals surface area contributed by atoms with Crippen LogP contribution < -0.4 is 5.32 Å². The van der Waals surface area contributed by atoms with Gasteiger partial charge in [0.15, 0.2) is 0 Å². The van der Waals surface area contributed by atoms with E-state index in [-0.39, 0.29) is 18.4 Å². The van der Waals surface area contributed by atoms with Crippen molar-refractivity contribution in [2.75, 3.05) is 59.1 Å². The highest BCUT2D eigenvalue weighted by Crippen LogP contribution is 2.26. The summed E-state index contributed by atoms with van der Waals surface area (Å²) in [5.74, 6) is 0.498. The lowest BCUT2D eigenvalue weighted by Crippen LogP contribution is -2.50. The van der Waals surface area contributed by atoms with Crippen LogP contribution in [0.4, 0.5) is 0 Å². The van der Waals surface area contributed by atoms with Crippen LogP contribution in [0.3, 0.4) is 0 Å². The summed E-state index contributed by atoms with van der Waals surface area (Å²) in [6.45, 7) is 7.50. The largest absolute Gasteiger partial charge is 0.395 e. The number of ether oxygens (including phenoxy) is 1. The standard InChI is InChI=1S/C24H33N3O3/c28-10-7-25-24(29)23-14-20(16-26-8-11-30-12-9-26)17-27(18-23)15-19-5-6-21-3-1-2-4-22(21)13-19/h1-6,13,20,23,28H,7-12,14-18H2,(H,25,29)/t20-,23-/m1/s1. The maximum Gasteiger partial charge on any atom is 0.224 e. The Labute approximate surface area is 178 Å². The van der Waals surface area contributed by atoms with Gasteiger partial charge in [-0.2, -0.15) is 0 Å². The van der Waals surface area contributed by atoms with Gasteiger partial charge in [0.2, 0.25) is 5.91 Å². The van der Waals surface area contributed by atoms with Gasteiger partial charge in [-0.3, -0.25) is 14.6 Å². The molecule has 2 saturated heterocycles. The number of amides is 1. The highest BCUT2D eigenvalue weighted by Gasteiger charge is 2.32. The second kappa shape index (κ2) is 10.4. The number of nitrogens with one attached hydrogen (secondary N) is 1. The third kappa shape index (κ3) is 5.58. The van der Waals surface area contributed by atoms with E-state index in [4.69, 9.17) is 9.84 Å². The first-order valence-electron chi connectivity index (χ1n) is 11.1. The van der Waals surface area contributed by atoms with Crippen molar-refractivity contribution in [1.29, 1.82) is 0 Å². The summed E-state index contributed by atoms with van der Waals surface area (Å²) >= 11 is 0. The fourth-order valence-electron chi connectivity index (χ4n) is 4.82. The van der Waals surface area contributed by atoms with E-state index in [9.17, 15) is 4.79 Å². The first-order chi connectivity index (χ1) is 14.7. The number of hydrogen-bond acceptors (Lipinski definition) is 5. The van der Waals surface area contributed by atoms with E-state index in [2.05, 4.69) is 57.6 Å². The summed E-state index contributed by atoms with van der Waals surface area (Å²) in [6, 6.07) is 15.1. The van der Waals surface area contributed by atoms with Crippen LogP contribution in [-0.2, 0) is 16.1 Å². The van der Waals surface area contributed by atoms with Gasteiger partial charge in [-0.15, -0.1) is 0 Å². The zero-order valence-corrected chi connectivity index (χ0v) is 17.6. The molecule has 0 spiro atoms. The molecule has 0 aliphatic carbocycles. The van der Waals surface area contributed by atoms with Gasteiger partial charge in [-0.25, -0.2) is 0 Å². The van der Waals surface area contributed by atoms with Crippen LogP contribution in [0.25, 0.3) is 10.8 Å². The summed E-state index contributed by atoms with van der Waals surface area (Å²) in [4.78, 5) is 17.6. The Morgan fingerprint density at radius 2 is 1.87 bits per heavy atom. The Hall–Kier alpha value is -1.99. The molecule has 4 rings (SSSR count). The lowest BCUT2D eigenvalue weighted by Gasteiger charge is -2.40. The predicted octanol–water partition coefficient (Wildman–Crippen LogP) is 1.72. The molecular formula is C24H33N3O3. The highest BCUT2D eigenvalue weighted by atomic mass is 16.5. The molecular weight excluding hydrogens is 378 g/mol. The number of fused-ring (bicyclic) bond motifs is 1. The van der Waals surface area contributed by atoms with Gasteiger partial charge in [-0.1, -0.05) is 36.4 Å². The number of likely N-dealkylation sites (tertiary alicyclic amines) is 1. The van der Waals surface area contributed by atoms with E-state index in [1.54, 1.807) is 0 Å². The minimum Gasteiger partial charge on any atom is -0.395 e. The second-order valence-corrected chi connectivity index (χ2v) is 8.60. The van der Waals surface area contributed by atoms with Crippen LogP contribution in [0.5, 0.6) is 0 Å². The van der Waals surface area contributed by atoms with Gasteiger partial charge in [0.05, 0.1) is 25.7 Å². The van der Waals surface area contributed by atoms with Crippen molar-refractivity contribution in [3.05, 3.63) is 48.0 Å². The van der Waals surface area contributed by atoms with E-state index in [0.29, 0.717) is 12.5 Å². The summed E-state index contributed by atoms with van der Waals surface area (Å²) in [6.07, 6.45) is 0.906. The Morgan fingerprint density at radius 3 is 2.67 bits per heavy atom. The number of nitrogens with zero attached hydrogens (tertiary/aromatic N) is 2. The van der Waals surface area contributed by atoms with Crippen molar-refractivity contribution in [1.82, 2.24) is 15.1 Å². The summed E-state index contributed by atoms with van der Waals surface area (Å²) in [5, 5.41) is 14.5. The quantitative estimate of drug-likeness (QED) is 0.726. The van der Waals surface area contributed by atoms with Crippen LogP contribution in [-0.4, -0.2) is 79.9 Å². The Balaban J connectivity index is 1.45. The fraction of sp³-hybridized carbons (Fsp3) is 0.542. The molecule has 2 aromatic rings. The molecule has 1 amide bonds. The zero-order chi connectivity index (χ0) is 20.8. The zero-order valence-electron chi connectivity index (χ0n) is 17.6. The lowest BCUT2D eigenvalue weighted by atomic mass is 9.87. The molecule has 6 nitrogen and oxygen atoms in total. The number of aliphatic hydroxyl groups is 1. The maximum atomic E-state index is 12.7. The third-order valence-electron chi connectivity index (χ3n) is 6.23. The van der Waals surface area contributed by atoms with Gasteiger partial charge >= 0.3 is 0 Å². The van der Waals surface area contributed by atoms with Gasteiger partial charge < -0.3 is 15.2 Å². The monoisotopic (exact) mass is 411 g/mol. The predicted molar refractivity (Wildman–Crippen MR) is 118 cm³/mol. The number of morpholine rings is 1. The fourth-order valence-corrected chi connectivity index (χ4v) is 4.82. The van der Waals surface area contributed by atoms with Crippen LogP contribution >= 0.6 is 0 Å². The molecule has 30 heavy (non-hydrogen) atoms. The summed E-state index contributed by atoms with van der Waals surface area (Å²) in [5.41, 5.74) is 1.29. The average molecular weight is 412 g/mol. The highest BCUT2D eigenvalue weighted by molar-refractivity contribution is 5.83. The van der Waals surface area contributed by atoms with Crippen molar-refractivity contribution in [2.45, 2.75) is 13.0 Å². The van der Waals surface area contributed by atoms with Crippen LogP contribution in [0.1, 0.15) is 12.0 Å². The smallest absolute Gasteiger partial charge is 0.224 e. The molecule has 2 heterocycles. The molecule has 0 radical (unpaired) electrons. The molecule has 0 unspecified atom stereocenters. The minimum absolute atomic E-state index is 0.0174. The van der Waals surface area contributed by atoms with Crippen molar-refractivity contribution in [3.63, 3.8) is 0 Å². The summed E-state index contributed by atoms with van der Waals surface area (Å²) in [7, 11) is 0. The third-order valence-corrected chi connectivity index (χ3v) is 6.23.